The van der Waals surface area contributed by atoms with Crippen LogP contribution in [0.2, 0.25) is 0 Å². The van der Waals surface area contributed by atoms with Crippen LogP contribution >= 0.6 is 0 Å². The van der Waals surface area contributed by atoms with Gasteiger partial charge >= 0.3 is 0 Å². The fraction of sp³-hybridized carbons (Fsp3) is 0.100. The Morgan fingerprint density at radius 3 is 2.20 bits per heavy atom. The molecule has 1 aliphatic rings. The van der Waals surface area contributed by atoms with Gasteiger partial charge in [0.05, 0.1) is 0 Å². The highest BCUT2D eigenvalue weighted by Crippen LogP contribution is 2.33. The van der Waals surface area contributed by atoms with Gasteiger partial charge in [0.25, 0.3) is 5.91 Å². The molecule has 0 spiro atoms. The zero-order chi connectivity index (χ0) is 22.0. The van der Waals surface area contributed by atoms with Gasteiger partial charge in [0.15, 0.2) is 17.4 Å². The molecule has 0 atom stereocenters. The Balaban J connectivity index is 2.00. The monoisotopic (exact) mass is 408 g/mol. The molecule has 2 aromatic carbocycles. The number of amides is 1. The topological polar surface area (TPSA) is 168 Å². The third kappa shape index (κ3) is 3.78. The van der Waals surface area contributed by atoms with Crippen molar-refractivity contribution in [2.24, 2.45) is 16.2 Å². The molecule has 0 bridgehead atoms. The molecule has 0 aliphatic heterocycles. The van der Waals surface area contributed by atoms with E-state index in [1.165, 1.54) is 4.90 Å². The van der Waals surface area contributed by atoms with Crippen LogP contribution in [0.3, 0.4) is 0 Å². The van der Waals surface area contributed by atoms with Crippen molar-refractivity contribution in [2.45, 2.75) is 0 Å². The van der Waals surface area contributed by atoms with Gasteiger partial charge < -0.3 is 31.4 Å². The average Bonchev–Trinajstić information content (AvgIpc) is 2.76. The van der Waals surface area contributed by atoms with Gasteiger partial charge in [-0.3, -0.25) is 10.2 Å². The fourth-order valence-electron chi connectivity index (χ4n) is 2.84. The Labute approximate surface area is 171 Å². The average molecular weight is 408 g/mol. The van der Waals surface area contributed by atoms with E-state index < -0.39 is 17.3 Å². The van der Waals surface area contributed by atoms with Crippen LogP contribution in [0.1, 0.15) is 15.9 Å². The molecule has 10 heteroatoms. The minimum atomic E-state index is -0.597. The van der Waals surface area contributed by atoms with E-state index in [1.807, 2.05) is 0 Å². The summed E-state index contributed by atoms with van der Waals surface area (Å²) in [5.74, 6) is 3.18. The van der Waals surface area contributed by atoms with Crippen LogP contribution in [-0.2, 0) is 0 Å². The zero-order valence-electron chi connectivity index (χ0n) is 16.2. The van der Waals surface area contributed by atoms with Crippen molar-refractivity contribution in [3.63, 3.8) is 0 Å². The maximum atomic E-state index is 12.1. The minimum absolute atomic E-state index is 0.0468. The van der Waals surface area contributed by atoms with Gasteiger partial charge in [0.1, 0.15) is 5.70 Å². The highest BCUT2D eigenvalue weighted by Gasteiger charge is 2.29. The fourth-order valence-corrected chi connectivity index (χ4v) is 2.84. The first kappa shape index (κ1) is 20.4. The molecule has 0 saturated carbocycles. The van der Waals surface area contributed by atoms with Crippen LogP contribution in [0.4, 0.5) is 5.69 Å². The second-order valence-electron chi connectivity index (χ2n) is 6.69. The van der Waals surface area contributed by atoms with Crippen LogP contribution < -0.4 is 11.2 Å². The first-order valence-electron chi connectivity index (χ1n) is 8.73. The summed E-state index contributed by atoms with van der Waals surface area (Å²) in [6.07, 6.45) is 0. The molecular formula is C20H20N6O4. The van der Waals surface area contributed by atoms with E-state index in [-0.39, 0.29) is 17.4 Å². The van der Waals surface area contributed by atoms with E-state index in [0.29, 0.717) is 22.4 Å². The molecular weight excluding hydrogens is 388 g/mol. The smallest absolute Gasteiger partial charge is 0.253 e. The Kier molecular flexibility index (Phi) is 5.41. The van der Waals surface area contributed by atoms with E-state index in [9.17, 15) is 20.1 Å². The predicted molar refractivity (Wildman–Crippen MR) is 111 cm³/mol. The summed E-state index contributed by atoms with van der Waals surface area (Å²) >= 11 is 0. The lowest BCUT2D eigenvalue weighted by Crippen LogP contribution is -2.21. The highest BCUT2D eigenvalue weighted by atomic mass is 16.3. The van der Waals surface area contributed by atoms with Gasteiger partial charge in [-0.1, -0.05) is 17.4 Å². The number of nitrogens with one attached hydrogen (secondary N) is 2. The van der Waals surface area contributed by atoms with Crippen molar-refractivity contribution in [3.8, 4) is 11.1 Å². The summed E-state index contributed by atoms with van der Waals surface area (Å²) in [7, 11) is 3.34. The second-order valence-corrected chi connectivity index (χ2v) is 6.69. The van der Waals surface area contributed by atoms with Gasteiger partial charge in [-0.2, -0.15) is 0 Å². The lowest BCUT2D eigenvalue weighted by atomic mass is 9.99. The minimum Gasteiger partial charge on any atom is -0.503 e. The molecule has 1 aliphatic carbocycles. The number of amidine groups is 1. The molecule has 154 valence electrons. The first-order chi connectivity index (χ1) is 14.2. The summed E-state index contributed by atoms with van der Waals surface area (Å²) in [5.41, 5.74) is 2.68. The van der Waals surface area contributed by atoms with Crippen molar-refractivity contribution >= 4 is 17.4 Å². The normalized spacial score (nSPS) is 13.4. The molecule has 10 nitrogen and oxygen atoms in total. The third-order valence-electron chi connectivity index (χ3n) is 4.43. The Morgan fingerprint density at radius 1 is 0.967 bits per heavy atom. The number of aliphatic hydroxyl groups excluding tert-OH is 3. The van der Waals surface area contributed by atoms with Crippen molar-refractivity contribution < 1.29 is 20.1 Å². The largest absolute Gasteiger partial charge is 0.503 e. The van der Waals surface area contributed by atoms with E-state index in [0.717, 1.165) is 5.56 Å². The standard InChI is InChI=1S/C20H20N6O4/c1-26(2)20(30)11-5-3-10(4-6-11)12-7-13(19(21)24-25-22)9-14(8-12)23-15-16(27)18(29)17(15)28/h3-9,23,27-29H,1-2H3,(H3,21,22,24). The summed E-state index contributed by atoms with van der Waals surface area (Å²) < 4.78 is 0. The number of hydrogen-bond donors (Lipinski definition) is 6. The Morgan fingerprint density at radius 2 is 1.63 bits per heavy atom. The van der Waals surface area contributed by atoms with Crippen LogP contribution in [0.25, 0.3) is 11.1 Å². The molecule has 0 heterocycles. The second kappa shape index (κ2) is 7.95. The van der Waals surface area contributed by atoms with E-state index in [1.54, 1.807) is 56.6 Å². The van der Waals surface area contributed by atoms with E-state index >= 15 is 0 Å². The van der Waals surface area contributed by atoms with Gasteiger partial charge in [-0.25, -0.2) is 0 Å². The maximum Gasteiger partial charge on any atom is 0.253 e. The highest BCUT2D eigenvalue weighted by molar-refractivity contribution is 5.99. The first-order valence-corrected chi connectivity index (χ1v) is 8.73. The van der Waals surface area contributed by atoms with Crippen LogP contribution in [0.5, 0.6) is 0 Å². The molecule has 0 saturated heterocycles. The number of benzene rings is 2. The molecule has 7 N–H and O–H groups in total. The van der Waals surface area contributed by atoms with Crippen molar-refractivity contribution in [1.29, 1.82) is 5.41 Å². The van der Waals surface area contributed by atoms with Gasteiger partial charge in [-0.15, -0.1) is 5.11 Å². The number of carbonyl (C=O) groups excluding carboxylic acids is 1. The van der Waals surface area contributed by atoms with Crippen molar-refractivity contribution in [2.75, 3.05) is 19.4 Å². The number of rotatable bonds is 5. The molecule has 0 radical (unpaired) electrons. The van der Waals surface area contributed by atoms with E-state index in [2.05, 4.69) is 15.7 Å². The molecule has 1 amide bonds. The number of aliphatic hydroxyl groups is 3. The van der Waals surface area contributed by atoms with Gasteiger partial charge in [0.2, 0.25) is 5.76 Å². The van der Waals surface area contributed by atoms with E-state index in [4.69, 9.17) is 11.3 Å². The van der Waals surface area contributed by atoms with Gasteiger partial charge in [-0.05, 0) is 41.5 Å². The SMILES string of the molecule is CN(C)C(=O)c1ccc(-c2cc(NC3=C(O)C(O)=C3O)cc(C(=N)N=NN)c2)cc1. The summed E-state index contributed by atoms with van der Waals surface area (Å²) in [6, 6.07) is 11.8. The summed E-state index contributed by atoms with van der Waals surface area (Å²) in [5, 5.41) is 46.2. The maximum absolute atomic E-state index is 12.1. The number of hydrogen-bond acceptors (Lipinski definition) is 7. The van der Waals surface area contributed by atoms with Crippen LogP contribution in [0, 0.1) is 5.41 Å². The Bertz CT molecular complexity index is 1120. The van der Waals surface area contributed by atoms with Gasteiger partial charge in [0, 0.05) is 30.9 Å². The number of anilines is 1. The van der Waals surface area contributed by atoms with Crippen LogP contribution in [0.15, 0.2) is 75.8 Å². The Hall–Kier alpha value is -4.34. The summed E-state index contributed by atoms with van der Waals surface area (Å²) in [4.78, 5) is 13.6. The molecule has 0 fully saturated rings. The van der Waals surface area contributed by atoms with Crippen LogP contribution in [-0.4, -0.2) is 46.1 Å². The predicted octanol–water partition coefficient (Wildman–Crippen LogP) is 3.23. The number of nitrogens with zero attached hydrogens (tertiary/aromatic N) is 3. The molecule has 0 unspecified atom stereocenters. The number of nitrogens with two attached hydrogens (primary N) is 1. The van der Waals surface area contributed by atoms with Crippen molar-refractivity contribution in [3.05, 3.63) is 76.6 Å². The lowest BCUT2D eigenvalue weighted by molar-refractivity contribution is 0.0827. The molecule has 30 heavy (non-hydrogen) atoms. The molecule has 2 aromatic rings. The zero-order valence-corrected chi connectivity index (χ0v) is 16.2. The molecule has 0 aromatic heterocycles. The molecule has 3 rings (SSSR count). The quantitative estimate of drug-likeness (QED) is 0.146. The third-order valence-corrected chi connectivity index (χ3v) is 4.43. The summed E-state index contributed by atoms with van der Waals surface area (Å²) in [6.45, 7) is 0. The van der Waals surface area contributed by atoms with Crippen molar-refractivity contribution in [1.82, 2.24) is 4.90 Å². The lowest BCUT2D eigenvalue weighted by Gasteiger charge is -2.21. The number of carbonyl (C=O) groups is 1.